The fourth-order valence-electron chi connectivity index (χ4n) is 5.38. The van der Waals surface area contributed by atoms with Crippen LogP contribution in [-0.4, -0.2) is 38.6 Å². The number of hydrogen-bond acceptors (Lipinski definition) is 5. The molecule has 2 bridgehead atoms. The van der Waals surface area contributed by atoms with Gasteiger partial charge in [0.15, 0.2) is 0 Å². The first kappa shape index (κ1) is 21.5. The SMILES string of the molecule is CC(Oc1cc2nc(C34COC(C)(C3)C4)cn2cc1C(=O)Nc1cccc(C(F)F)n1)C1CC1. The van der Waals surface area contributed by atoms with E-state index in [1.165, 1.54) is 18.2 Å². The number of carbonyl (C=O) groups is 1. The average Bonchev–Trinajstić information content (AvgIpc) is 3.35. The van der Waals surface area contributed by atoms with Crippen molar-refractivity contribution in [2.75, 3.05) is 11.9 Å². The Morgan fingerprint density at radius 2 is 2.06 bits per heavy atom. The number of nitrogens with one attached hydrogen (secondary N) is 1. The molecule has 7 nitrogen and oxygen atoms in total. The highest BCUT2D eigenvalue weighted by molar-refractivity contribution is 6.05. The summed E-state index contributed by atoms with van der Waals surface area (Å²) in [5.74, 6) is 0.470. The van der Waals surface area contributed by atoms with Crippen molar-refractivity contribution in [3.8, 4) is 5.75 Å². The van der Waals surface area contributed by atoms with Crippen LogP contribution in [0, 0.1) is 5.92 Å². The molecule has 0 radical (unpaired) electrons. The van der Waals surface area contributed by atoms with Crippen LogP contribution >= 0.6 is 0 Å². The van der Waals surface area contributed by atoms with Crippen LogP contribution in [0.1, 0.15) is 67.7 Å². The predicted octanol–water partition coefficient (Wildman–Crippen LogP) is 4.92. The van der Waals surface area contributed by atoms with Gasteiger partial charge in [0.2, 0.25) is 0 Å². The number of nitrogens with zero attached hydrogens (tertiary/aromatic N) is 3. The molecule has 178 valence electrons. The second kappa shape index (κ2) is 7.46. The highest BCUT2D eigenvalue weighted by Gasteiger charge is 2.61. The molecule has 3 aromatic rings. The number of alkyl halides is 2. The second-order valence-electron chi connectivity index (χ2n) is 10.2. The standard InChI is InChI=1S/C25H26F2N4O3/c1-14(15-6-7-15)34-18-8-21-29-19(25-11-24(2,12-25)33-13-25)10-31(21)9-16(18)23(32)30-20-5-3-4-17(28-20)22(26)27/h3-5,8-10,14-15,22H,6-7,11-13H2,1-2H3,(H,28,30,32). The lowest BCUT2D eigenvalue weighted by Crippen LogP contribution is -2.45. The molecule has 3 aromatic heterocycles. The van der Waals surface area contributed by atoms with Crippen molar-refractivity contribution < 1.29 is 23.0 Å². The minimum atomic E-state index is -2.72. The molecule has 0 aromatic carbocycles. The van der Waals surface area contributed by atoms with Crippen molar-refractivity contribution >= 4 is 17.4 Å². The number of imidazole rings is 1. The van der Waals surface area contributed by atoms with E-state index in [-0.39, 0.29) is 22.9 Å². The summed E-state index contributed by atoms with van der Waals surface area (Å²) in [6, 6.07) is 5.93. The summed E-state index contributed by atoms with van der Waals surface area (Å²) < 4.78 is 40.1. The minimum absolute atomic E-state index is 0.0436. The molecule has 2 saturated carbocycles. The van der Waals surface area contributed by atoms with Crippen LogP contribution in [0.15, 0.2) is 36.7 Å². The van der Waals surface area contributed by atoms with Gasteiger partial charge in [0.05, 0.1) is 29.6 Å². The Labute approximate surface area is 195 Å². The highest BCUT2D eigenvalue weighted by Crippen LogP contribution is 2.58. The zero-order valence-corrected chi connectivity index (χ0v) is 19.1. The molecule has 7 rings (SSSR count). The largest absolute Gasteiger partial charge is 0.489 e. The summed E-state index contributed by atoms with van der Waals surface area (Å²) in [7, 11) is 0. The van der Waals surface area contributed by atoms with Gasteiger partial charge >= 0.3 is 0 Å². The maximum atomic E-state index is 13.2. The smallest absolute Gasteiger partial charge is 0.280 e. The maximum absolute atomic E-state index is 13.2. The number of rotatable bonds is 7. The van der Waals surface area contributed by atoms with Crippen LogP contribution in [0.25, 0.3) is 5.65 Å². The van der Waals surface area contributed by atoms with Gasteiger partial charge in [0.1, 0.15) is 22.9 Å². The molecular formula is C25H26F2N4O3. The van der Waals surface area contributed by atoms with Crippen LogP contribution in [0.3, 0.4) is 0 Å². The van der Waals surface area contributed by atoms with Gasteiger partial charge < -0.3 is 19.2 Å². The van der Waals surface area contributed by atoms with Gasteiger partial charge in [-0.1, -0.05) is 6.07 Å². The van der Waals surface area contributed by atoms with Gasteiger partial charge in [-0.15, -0.1) is 0 Å². The van der Waals surface area contributed by atoms with E-state index in [1.807, 2.05) is 17.5 Å². The summed E-state index contributed by atoms with van der Waals surface area (Å²) in [5.41, 5.74) is 1.41. The molecule has 34 heavy (non-hydrogen) atoms. The van der Waals surface area contributed by atoms with E-state index >= 15 is 0 Å². The van der Waals surface area contributed by atoms with Crippen LogP contribution in [0.5, 0.6) is 5.75 Å². The van der Waals surface area contributed by atoms with Gasteiger partial charge in [-0.3, -0.25) is 4.79 Å². The lowest BCUT2D eigenvalue weighted by molar-refractivity contribution is 0.0154. The lowest BCUT2D eigenvalue weighted by atomic mass is 9.62. The third-order valence-corrected chi connectivity index (χ3v) is 7.30. The maximum Gasteiger partial charge on any atom is 0.280 e. The molecule has 9 heteroatoms. The van der Waals surface area contributed by atoms with Crippen molar-refractivity contribution in [3.63, 3.8) is 0 Å². The molecule has 2 aliphatic carbocycles. The molecule has 0 spiro atoms. The second-order valence-corrected chi connectivity index (χ2v) is 10.2. The number of carbonyl (C=O) groups excluding carboxylic acids is 1. The number of pyridine rings is 2. The average molecular weight is 469 g/mol. The number of ether oxygens (including phenoxy) is 2. The summed E-state index contributed by atoms with van der Waals surface area (Å²) in [6.07, 6.45) is 4.95. The molecule has 4 fully saturated rings. The molecular weight excluding hydrogens is 442 g/mol. The molecule has 5 heterocycles. The molecule has 1 amide bonds. The van der Waals surface area contributed by atoms with Crippen LogP contribution in [0.4, 0.5) is 14.6 Å². The van der Waals surface area contributed by atoms with Crippen molar-refractivity contribution in [1.82, 2.24) is 14.4 Å². The van der Waals surface area contributed by atoms with Gasteiger partial charge in [-0.25, -0.2) is 18.7 Å². The van der Waals surface area contributed by atoms with Crippen LogP contribution < -0.4 is 10.1 Å². The Morgan fingerprint density at radius 3 is 2.74 bits per heavy atom. The number of halogens is 2. The summed E-state index contributed by atoms with van der Waals surface area (Å²) in [6.45, 7) is 4.77. The normalized spacial score (nSPS) is 26.5. The van der Waals surface area contributed by atoms with Crippen LogP contribution in [0.2, 0.25) is 0 Å². The Hall–Kier alpha value is -3.07. The Balaban J connectivity index is 1.35. The van der Waals surface area contributed by atoms with Crippen molar-refractivity contribution in [3.05, 3.63) is 53.6 Å². The monoisotopic (exact) mass is 468 g/mol. The van der Waals surface area contributed by atoms with E-state index in [0.717, 1.165) is 31.4 Å². The van der Waals surface area contributed by atoms with Gasteiger partial charge in [0.25, 0.3) is 12.3 Å². The molecule has 4 aliphatic rings. The molecule has 1 unspecified atom stereocenters. The lowest BCUT2D eigenvalue weighted by Gasteiger charge is -2.41. The zero-order valence-electron chi connectivity index (χ0n) is 19.1. The number of amides is 1. The van der Waals surface area contributed by atoms with Crippen molar-refractivity contribution in [2.24, 2.45) is 5.92 Å². The highest BCUT2D eigenvalue weighted by atomic mass is 19.3. The fourth-order valence-corrected chi connectivity index (χ4v) is 5.38. The Kier molecular flexibility index (Phi) is 4.71. The molecule has 1 N–H and O–H groups in total. The van der Waals surface area contributed by atoms with E-state index in [9.17, 15) is 13.6 Å². The Morgan fingerprint density at radius 1 is 1.26 bits per heavy atom. The van der Waals surface area contributed by atoms with Gasteiger partial charge in [0, 0.05) is 23.9 Å². The summed E-state index contributed by atoms with van der Waals surface area (Å²) in [4.78, 5) is 21.9. The van der Waals surface area contributed by atoms with E-state index in [1.54, 1.807) is 12.3 Å². The third-order valence-electron chi connectivity index (χ3n) is 7.30. The topological polar surface area (TPSA) is 77.8 Å². The predicted molar refractivity (Wildman–Crippen MR) is 120 cm³/mol. The molecule has 2 aliphatic heterocycles. The number of aromatic nitrogens is 3. The molecule has 2 saturated heterocycles. The van der Waals surface area contributed by atoms with Gasteiger partial charge in [-0.05, 0) is 57.6 Å². The minimum Gasteiger partial charge on any atom is -0.489 e. The van der Waals surface area contributed by atoms with Crippen LogP contribution in [-0.2, 0) is 10.2 Å². The van der Waals surface area contributed by atoms with E-state index < -0.39 is 18.0 Å². The first-order valence-electron chi connectivity index (χ1n) is 11.6. The number of hydrogen-bond donors (Lipinski definition) is 1. The van der Waals surface area contributed by atoms with Gasteiger partial charge in [-0.2, -0.15) is 0 Å². The third kappa shape index (κ3) is 3.62. The number of anilines is 1. The Bertz CT molecular complexity index is 1280. The first-order valence-corrected chi connectivity index (χ1v) is 11.6. The van der Waals surface area contributed by atoms with Crippen molar-refractivity contribution in [1.29, 1.82) is 0 Å². The van der Waals surface area contributed by atoms with E-state index in [4.69, 9.17) is 14.5 Å². The first-order chi connectivity index (χ1) is 16.2. The zero-order chi connectivity index (χ0) is 23.7. The fraction of sp³-hybridized carbons (Fsp3) is 0.480. The van der Waals surface area contributed by atoms with Crippen molar-refractivity contribution in [2.45, 2.75) is 63.1 Å². The number of fused-ring (bicyclic) bond motifs is 2. The van der Waals surface area contributed by atoms with E-state index in [0.29, 0.717) is 29.5 Å². The van der Waals surface area contributed by atoms with E-state index in [2.05, 4.69) is 17.2 Å². The summed E-state index contributed by atoms with van der Waals surface area (Å²) >= 11 is 0. The molecule has 1 atom stereocenters. The quantitative estimate of drug-likeness (QED) is 0.533. The summed E-state index contributed by atoms with van der Waals surface area (Å²) in [5, 5.41) is 2.64.